The second kappa shape index (κ2) is 5.92. The molecule has 0 radical (unpaired) electrons. The summed E-state index contributed by atoms with van der Waals surface area (Å²) in [5.41, 5.74) is 6.81. The van der Waals surface area contributed by atoms with Gasteiger partial charge < -0.3 is 5.32 Å². The summed E-state index contributed by atoms with van der Waals surface area (Å²) in [6, 6.07) is 13.8. The molecule has 2 heteroatoms. The molecule has 0 unspecified atom stereocenters. The van der Waals surface area contributed by atoms with Crippen LogP contribution in [0.15, 0.2) is 48.6 Å². The zero-order chi connectivity index (χ0) is 17.8. The van der Waals surface area contributed by atoms with E-state index in [2.05, 4.69) is 81.6 Å². The van der Waals surface area contributed by atoms with E-state index in [1.807, 2.05) is 0 Å². The molecule has 4 rings (SSSR count). The van der Waals surface area contributed by atoms with Gasteiger partial charge in [-0.15, -0.1) is 0 Å². The van der Waals surface area contributed by atoms with Crippen molar-refractivity contribution < 1.29 is 0 Å². The molecule has 25 heavy (non-hydrogen) atoms. The number of rotatable bonds is 1. The van der Waals surface area contributed by atoms with Gasteiger partial charge in [-0.3, -0.25) is 0 Å². The van der Waals surface area contributed by atoms with Crippen LogP contribution >= 0.6 is 11.6 Å². The van der Waals surface area contributed by atoms with Gasteiger partial charge in [0.1, 0.15) is 0 Å². The highest BCUT2D eigenvalue weighted by Crippen LogP contribution is 2.51. The fourth-order valence-corrected chi connectivity index (χ4v) is 4.64. The molecular formula is C23H26ClN. The molecule has 0 saturated carbocycles. The van der Waals surface area contributed by atoms with Gasteiger partial charge in [-0.2, -0.15) is 0 Å². The van der Waals surface area contributed by atoms with Gasteiger partial charge in [0.2, 0.25) is 0 Å². The van der Waals surface area contributed by atoms with E-state index in [-0.39, 0.29) is 5.41 Å². The van der Waals surface area contributed by atoms with Gasteiger partial charge in [0.05, 0.1) is 6.04 Å². The van der Waals surface area contributed by atoms with Crippen molar-refractivity contribution in [1.29, 1.82) is 0 Å². The van der Waals surface area contributed by atoms with Crippen molar-refractivity contribution in [1.82, 2.24) is 0 Å². The van der Waals surface area contributed by atoms with Gasteiger partial charge in [0, 0.05) is 16.6 Å². The molecule has 0 aromatic heterocycles. The molecule has 130 valence electrons. The summed E-state index contributed by atoms with van der Waals surface area (Å²) >= 11 is 6.33. The van der Waals surface area contributed by atoms with Crippen molar-refractivity contribution in [2.45, 2.75) is 51.5 Å². The predicted octanol–water partition coefficient (Wildman–Crippen LogP) is 6.77. The lowest BCUT2D eigenvalue weighted by molar-refractivity contribution is 0.425. The molecule has 0 spiro atoms. The maximum absolute atomic E-state index is 6.33. The smallest absolute Gasteiger partial charge is 0.0554 e. The molecule has 3 atom stereocenters. The van der Waals surface area contributed by atoms with Gasteiger partial charge >= 0.3 is 0 Å². The van der Waals surface area contributed by atoms with Crippen LogP contribution < -0.4 is 5.32 Å². The van der Waals surface area contributed by atoms with Crippen LogP contribution in [0, 0.1) is 12.8 Å². The molecule has 2 aliphatic rings. The minimum Gasteiger partial charge on any atom is -0.377 e. The van der Waals surface area contributed by atoms with E-state index < -0.39 is 0 Å². The number of halogens is 1. The van der Waals surface area contributed by atoms with Crippen molar-refractivity contribution in [3.63, 3.8) is 0 Å². The highest BCUT2D eigenvalue weighted by molar-refractivity contribution is 6.30. The van der Waals surface area contributed by atoms with E-state index in [1.54, 1.807) is 0 Å². The number of anilines is 1. The lowest BCUT2D eigenvalue weighted by atomic mass is 9.76. The first-order valence-corrected chi connectivity index (χ1v) is 9.56. The Morgan fingerprint density at radius 2 is 1.80 bits per heavy atom. The molecule has 0 bridgehead atoms. The first-order chi connectivity index (χ1) is 11.8. The molecule has 1 nitrogen and oxygen atoms in total. The summed E-state index contributed by atoms with van der Waals surface area (Å²) in [5, 5.41) is 4.68. The Bertz CT molecular complexity index is 826. The molecule has 1 aliphatic heterocycles. The Hall–Kier alpha value is -1.73. The summed E-state index contributed by atoms with van der Waals surface area (Å²) in [7, 11) is 0. The van der Waals surface area contributed by atoms with Crippen LogP contribution in [0.1, 0.15) is 61.4 Å². The SMILES string of the molecule is Cc1cc(Cl)cc2c1N[C@H](c1ccc(C(C)(C)C)cc1)[C@H]1CC=C[C@H]21. The third-order valence-electron chi connectivity index (χ3n) is 5.77. The Kier molecular flexibility index (Phi) is 3.96. The fraction of sp³-hybridized carbons (Fsp3) is 0.391. The van der Waals surface area contributed by atoms with Crippen molar-refractivity contribution in [2.24, 2.45) is 5.92 Å². The van der Waals surface area contributed by atoms with Crippen LogP contribution in [-0.4, -0.2) is 0 Å². The van der Waals surface area contributed by atoms with E-state index in [1.165, 1.54) is 27.9 Å². The number of hydrogen-bond acceptors (Lipinski definition) is 1. The lowest BCUT2D eigenvalue weighted by Crippen LogP contribution is -2.29. The monoisotopic (exact) mass is 351 g/mol. The van der Waals surface area contributed by atoms with Gasteiger partial charge in [-0.05, 0) is 59.1 Å². The second-order valence-electron chi connectivity index (χ2n) is 8.53. The number of allylic oxidation sites excluding steroid dienone is 2. The Morgan fingerprint density at radius 1 is 1.08 bits per heavy atom. The maximum atomic E-state index is 6.33. The summed E-state index contributed by atoms with van der Waals surface area (Å²) in [6.45, 7) is 8.94. The summed E-state index contributed by atoms with van der Waals surface area (Å²) in [5.74, 6) is 1.02. The summed E-state index contributed by atoms with van der Waals surface area (Å²) in [6.07, 6.45) is 5.82. The van der Waals surface area contributed by atoms with Gasteiger partial charge in [0.15, 0.2) is 0 Å². The van der Waals surface area contributed by atoms with Crippen molar-refractivity contribution in [3.05, 3.63) is 75.8 Å². The average Bonchev–Trinajstić information content (AvgIpc) is 3.03. The number of nitrogens with one attached hydrogen (secondary N) is 1. The van der Waals surface area contributed by atoms with E-state index in [4.69, 9.17) is 11.6 Å². The lowest BCUT2D eigenvalue weighted by Gasteiger charge is -2.38. The fourth-order valence-electron chi connectivity index (χ4n) is 4.36. The molecule has 0 saturated heterocycles. The molecule has 0 fully saturated rings. The first kappa shape index (κ1) is 16.7. The van der Waals surface area contributed by atoms with Gasteiger partial charge in [0.25, 0.3) is 0 Å². The van der Waals surface area contributed by atoms with E-state index in [0.717, 1.165) is 11.4 Å². The zero-order valence-corrected chi connectivity index (χ0v) is 16.2. The standard InChI is InChI=1S/C23H26ClN/c1-14-12-17(24)13-20-18-6-5-7-19(18)22(25-21(14)20)15-8-10-16(11-9-15)23(2,3)4/h5-6,8-13,18-19,22,25H,7H2,1-4H3/t18-,19-,22+/m0/s1. The van der Waals surface area contributed by atoms with E-state index >= 15 is 0 Å². The van der Waals surface area contributed by atoms with Crippen LogP contribution in [0.25, 0.3) is 0 Å². The summed E-state index contributed by atoms with van der Waals surface area (Å²) < 4.78 is 0. The van der Waals surface area contributed by atoms with Gasteiger partial charge in [-0.25, -0.2) is 0 Å². The normalized spacial score (nSPS) is 24.6. The highest BCUT2D eigenvalue weighted by Gasteiger charge is 2.38. The topological polar surface area (TPSA) is 12.0 Å². The van der Waals surface area contributed by atoms with E-state index in [0.29, 0.717) is 17.9 Å². The van der Waals surface area contributed by atoms with Crippen LogP contribution in [0.4, 0.5) is 5.69 Å². The third-order valence-corrected chi connectivity index (χ3v) is 5.98. The highest BCUT2D eigenvalue weighted by atomic mass is 35.5. The Balaban J connectivity index is 1.74. The van der Waals surface area contributed by atoms with Crippen LogP contribution in [0.2, 0.25) is 5.02 Å². The molecule has 2 aromatic rings. The zero-order valence-electron chi connectivity index (χ0n) is 15.4. The van der Waals surface area contributed by atoms with E-state index in [9.17, 15) is 0 Å². The van der Waals surface area contributed by atoms with Crippen LogP contribution in [0.3, 0.4) is 0 Å². The number of aryl methyl sites for hydroxylation is 1. The largest absolute Gasteiger partial charge is 0.377 e. The first-order valence-electron chi connectivity index (χ1n) is 9.18. The molecular weight excluding hydrogens is 326 g/mol. The van der Waals surface area contributed by atoms with Crippen molar-refractivity contribution in [2.75, 3.05) is 5.32 Å². The molecule has 1 aliphatic carbocycles. The van der Waals surface area contributed by atoms with Crippen LogP contribution in [0.5, 0.6) is 0 Å². The molecule has 2 aromatic carbocycles. The van der Waals surface area contributed by atoms with Gasteiger partial charge in [-0.1, -0.05) is 68.8 Å². The Labute approximate surface area is 156 Å². The van der Waals surface area contributed by atoms with Crippen LogP contribution in [-0.2, 0) is 5.41 Å². The quantitative estimate of drug-likeness (QED) is 0.559. The number of fused-ring (bicyclic) bond motifs is 3. The van der Waals surface area contributed by atoms with Crippen molar-refractivity contribution in [3.8, 4) is 0 Å². The minimum atomic E-state index is 0.190. The minimum absolute atomic E-state index is 0.190. The number of hydrogen-bond donors (Lipinski definition) is 1. The van der Waals surface area contributed by atoms with Crippen molar-refractivity contribution >= 4 is 17.3 Å². The average molecular weight is 352 g/mol. The second-order valence-corrected chi connectivity index (χ2v) is 8.97. The molecule has 1 heterocycles. The maximum Gasteiger partial charge on any atom is 0.0554 e. The molecule has 1 N–H and O–H groups in total. The Morgan fingerprint density at radius 3 is 2.48 bits per heavy atom. The third kappa shape index (κ3) is 2.89. The summed E-state index contributed by atoms with van der Waals surface area (Å²) in [4.78, 5) is 0. The predicted molar refractivity (Wildman–Crippen MR) is 108 cm³/mol. The number of benzene rings is 2. The molecule has 0 amide bonds.